The summed E-state index contributed by atoms with van der Waals surface area (Å²) in [5, 5.41) is 3.51. The second kappa shape index (κ2) is 8.60. The van der Waals surface area contributed by atoms with Crippen LogP contribution in [-0.4, -0.2) is 24.7 Å². The zero-order valence-electron chi connectivity index (χ0n) is 14.1. The van der Waals surface area contributed by atoms with Gasteiger partial charge in [0, 0.05) is 5.02 Å². The summed E-state index contributed by atoms with van der Waals surface area (Å²) in [6.45, 7) is 5.98. The summed E-state index contributed by atoms with van der Waals surface area (Å²) in [5.41, 5.74) is 1.07. The predicted octanol–water partition coefficient (Wildman–Crippen LogP) is 4.00. The molecular weight excluding hydrogens is 326 g/mol. The average Bonchev–Trinajstić information content (AvgIpc) is 2.56. The fourth-order valence-electron chi connectivity index (χ4n) is 2.11. The van der Waals surface area contributed by atoms with Gasteiger partial charge in [0.25, 0.3) is 5.91 Å². The molecule has 0 spiro atoms. The first-order valence-corrected chi connectivity index (χ1v) is 8.24. The van der Waals surface area contributed by atoms with E-state index in [-0.39, 0.29) is 11.9 Å². The predicted molar refractivity (Wildman–Crippen MR) is 95.8 cm³/mol. The number of para-hydroxylation sites is 1. The van der Waals surface area contributed by atoms with Crippen LogP contribution in [-0.2, 0) is 4.79 Å². The number of carbonyl (C=O) groups excluding carboxylic acids is 1. The topological polar surface area (TPSA) is 47.6 Å². The van der Waals surface area contributed by atoms with Gasteiger partial charge in [0.15, 0.2) is 6.10 Å². The molecule has 2 rings (SSSR count). The van der Waals surface area contributed by atoms with Gasteiger partial charge in [-0.15, -0.1) is 0 Å². The van der Waals surface area contributed by atoms with E-state index in [9.17, 15) is 4.79 Å². The van der Waals surface area contributed by atoms with Crippen LogP contribution < -0.4 is 14.8 Å². The van der Waals surface area contributed by atoms with Crippen LogP contribution in [0.3, 0.4) is 0 Å². The molecule has 1 amide bonds. The monoisotopic (exact) mass is 347 g/mol. The smallest absolute Gasteiger partial charge is 0.261 e. The fourth-order valence-corrected chi connectivity index (χ4v) is 2.23. The molecule has 1 N–H and O–H groups in total. The van der Waals surface area contributed by atoms with Gasteiger partial charge in [0.1, 0.15) is 18.1 Å². The van der Waals surface area contributed by atoms with E-state index in [2.05, 4.69) is 5.32 Å². The molecule has 0 aliphatic rings. The maximum Gasteiger partial charge on any atom is 0.261 e. The van der Waals surface area contributed by atoms with Crippen LogP contribution in [0.25, 0.3) is 0 Å². The molecule has 0 aliphatic carbocycles. The quantitative estimate of drug-likeness (QED) is 0.823. The van der Waals surface area contributed by atoms with Crippen molar-refractivity contribution in [3.63, 3.8) is 0 Å². The van der Waals surface area contributed by atoms with E-state index in [1.54, 1.807) is 31.2 Å². The molecule has 0 aliphatic heterocycles. The van der Waals surface area contributed by atoms with Crippen molar-refractivity contribution in [3.05, 3.63) is 59.1 Å². The lowest BCUT2D eigenvalue weighted by Crippen LogP contribution is -2.43. The normalized spacial score (nSPS) is 13.0. The molecule has 2 atom stereocenters. The molecule has 0 heterocycles. The first kappa shape index (κ1) is 18.1. The summed E-state index contributed by atoms with van der Waals surface area (Å²) in [7, 11) is 0. The van der Waals surface area contributed by atoms with Crippen LogP contribution in [0.5, 0.6) is 11.5 Å². The summed E-state index contributed by atoms with van der Waals surface area (Å²) in [5.74, 6) is 1.24. The minimum Gasteiger partial charge on any atom is -0.491 e. The molecule has 0 saturated carbocycles. The second-order valence-electron chi connectivity index (χ2n) is 5.70. The Hall–Kier alpha value is -2.20. The second-order valence-corrected chi connectivity index (χ2v) is 6.14. The Morgan fingerprint density at radius 2 is 1.79 bits per heavy atom. The average molecular weight is 348 g/mol. The van der Waals surface area contributed by atoms with Crippen LogP contribution in [0.4, 0.5) is 0 Å². The van der Waals surface area contributed by atoms with Crippen LogP contribution in [0.1, 0.15) is 19.4 Å². The lowest BCUT2D eigenvalue weighted by molar-refractivity contribution is -0.128. The molecule has 0 bridgehead atoms. The third-order valence-electron chi connectivity index (χ3n) is 3.47. The number of carbonyl (C=O) groups is 1. The van der Waals surface area contributed by atoms with E-state index in [1.165, 1.54) is 0 Å². The third-order valence-corrected chi connectivity index (χ3v) is 3.72. The number of amides is 1. The largest absolute Gasteiger partial charge is 0.491 e. The highest BCUT2D eigenvalue weighted by molar-refractivity contribution is 6.30. The number of aryl methyl sites for hydroxylation is 1. The van der Waals surface area contributed by atoms with Gasteiger partial charge in [-0.3, -0.25) is 4.79 Å². The third kappa shape index (κ3) is 5.46. The fraction of sp³-hybridized carbons (Fsp3) is 0.316. The number of benzene rings is 2. The minimum atomic E-state index is -0.605. The van der Waals surface area contributed by atoms with Crippen LogP contribution in [0.2, 0.25) is 5.02 Å². The lowest BCUT2D eigenvalue weighted by Gasteiger charge is -2.19. The summed E-state index contributed by atoms with van der Waals surface area (Å²) < 4.78 is 11.3. The number of halogens is 1. The number of rotatable bonds is 7. The van der Waals surface area contributed by atoms with Gasteiger partial charge in [-0.2, -0.15) is 0 Å². The molecule has 0 saturated heterocycles. The molecule has 0 radical (unpaired) electrons. The van der Waals surface area contributed by atoms with E-state index in [0.717, 1.165) is 11.3 Å². The Bertz CT molecular complexity index is 673. The van der Waals surface area contributed by atoms with Gasteiger partial charge >= 0.3 is 0 Å². The number of ether oxygens (including phenoxy) is 2. The molecule has 0 aromatic heterocycles. The van der Waals surface area contributed by atoms with Crippen molar-refractivity contribution in [2.75, 3.05) is 6.61 Å². The Balaban J connectivity index is 1.80. The number of nitrogens with one attached hydrogen (secondary N) is 1. The molecule has 2 aromatic rings. The Morgan fingerprint density at radius 3 is 2.46 bits per heavy atom. The molecule has 0 fully saturated rings. The van der Waals surface area contributed by atoms with Crippen molar-refractivity contribution in [2.45, 2.75) is 32.9 Å². The van der Waals surface area contributed by atoms with Crippen molar-refractivity contribution in [1.82, 2.24) is 5.32 Å². The zero-order chi connectivity index (χ0) is 17.5. The number of hydrogen-bond acceptors (Lipinski definition) is 3. The summed E-state index contributed by atoms with van der Waals surface area (Å²) >= 11 is 5.83. The summed E-state index contributed by atoms with van der Waals surface area (Å²) in [6.07, 6.45) is -0.605. The Morgan fingerprint density at radius 1 is 1.12 bits per heavy atom. The van der Waals surface area contributed by atoms with Crippen LogP contribution >= 0.6 is 11.6 Å². The van der Waals surface area contributed by atoms with Gasteiger partial charge < -0.3 is 14.8 Å². The molecule has 5 heteroatoms. The van der Waals surface area contributed by atoms with Crippen molar-refractivity contribution >= 4 is 17.5 Å². The van der Waals surface area contributed by atoms with Gasteiger partial charge in [0.2, 0.25) is 0 Å². The summed E-state index contributed by atoms with van der Waals surface area (Å²) in [6, 6.07) is 14.6. The van der Waals surface area contributed by atoms with Gasteiger partial charge in [-0.1, -0.05) is 29.8 Å². The lowest BCUT2D eigenvalue weighted by atomic mass is 10.2. The van der Waals surface area contributed by atoms with Crippen LogP contribution in [0, 0.1) is 6.92 Å². The van der Waals surface area contributed by atoms with E-state index >= 15 is 0 Å². The zero-order valence-corrected chi connectivity index (χ0v) is 14.8. The molecule has 24 heavy (non-hydrogen) atoms. The first-order valence-electron chi connectivity index (χ1n) is 7.86. The number of hydrogen-bond donors (Lipinski definition) is 1. The maximum atomic E-state index is 12.2. The Kier molecular flexibility index (Phi) is 6.50. The first-order chi connectivity index (χ1) is 11.5. The molecule has 0 unspecified atom stereocenters. The highest BCUT2D eigenvalue weighted by Crippen LogP contribution is 2.17. The summed E-state index contributed by atoms with van der Waals surface area (Å²) in [4.78, 5) is 12.2. The van der Waals surface area contributed by atoms with Crippen molar-refractivity contribution < 1.29 is 14.3 Å². The van der Waals surface area contributed by atoms with Crippen molar-refractivity contribution in [1.29, 1.82) is 0 Å². The maximum absolute atomic E-state index is 12.2. The molecular formula is C19H22ClNO3. The minimum absolute atomic E-state index is 0.131. The van der Waals surface area contributed by atoms with Crippen molar-refractivity contribution in [2.24, 2.45) is 0 Å². The SMILES string of the molecule is Cc1ccccc1OC[C@@H](C)NC(=O)[C@@H](C)Oc1ccc(Cl)cc1. The van der Waals surface area contributed by atoms with Gasteiger partial charge in [-0.25, -0.2) is 0 Å². The highest BCUT2D eigenvalue weighted by atomic mass is 35.5. The highest BCUT2D eigenvalue weighted by Gasteiger charge is 2.17. The standard InChI is InChI=1S/C19H22ClNO3/c1-13-6-4-5-7-18(13)23-12-14(2)21-19(22)15(3)24-17-10-8-16(20)9-11-17/h4-11,14-15H,12H2,1-3H3,(H,21,22)/t14-,15-/m1/s1. The van der Waals surface area contributed by atoms with E-state index in [1.807, 2.05) is 38.1 Å². The molecule has 2 aromatic carbocycles. The molecule has 128 valence electrons. The van der Waals surface area contributed by atoms with Gasteiger partial charge in [0.05, 0.1) is 6.04 Å². The van der Waals surface area contributed by atoms with E-state index in [0.29, 0.717) is 17.4 Å². The van der Waals surface area contributed by atoms with E-state index < -0.39 is 6.10 Å². The van der Waals surface area contributed by atoms with E-state index in [4.69, 9.17) is 21.1 Å². The van der Waals surface area contributed by atoms with Crippen molar-refractivity contribution in [3.8, 4) is 11.5 Å². The molecule has 4 nitrogen and oxygen atoms in total. The van der Waals surface area contributed by atoms with Crippen LogP contribution in [0.15, 0.2) is 48.5 Å². The Labute approximate surface area is 147 Å². The van der Waals surface area contributed by atoms with Gasteiger partial charge in [-0.05, 0) is 56.7 Å².